The number of allylic oxidation sites excluding steroid dienone is 3. The zero-order valence-corrected chi connectivity index (χ0v) is 13.9. The van der Waals surface area contributed by atoms with Crippen molar-refractivity contribution < 1.29 is 9.50 Å². The second-order valence-corrected chi connectivity index (χ2v) is 7.19. The van der Waals surface area contributed by atoms with Gasteiger partial charge in [-0.2, -0.15) is 0 Å². The molecule has 2 atom stereocenters. The normalized spacial score (nSPS) is 30.3. The first-order valence-corrected chi connectivity index (χ1v) is 8.75. The van der Waals surface area contributed by atoms with Gasteiger partial charge in [-0.15, -0.1) is 0 Å². The molecule has 0 radical (unpaired) electrons. The minimum Gasteiger partial charge on any atom is -0.508 e. The van der Waals surface area contributed by atoms with Crippen LogP contribution in [0.2, 0.25) is 0 Å². The number of rotatable bonds is 2. The first-order chi connectivity index (χ1) is 11.5. The molecule has 3 N–H and O–H groups in total. The highest BCUT2D eigenvalue weighted by atomic mass is 19.1. The maximum atomic E-state index is 14.2. The minimum atomic E-state index is -0.973. The molecular weight excluding hydrogens is 303 g/mol. The van der Waals surface area contributed by atoms with Gasteiger partial charge in [-0.3, -0.25) is 0 Å². The number of phenolic OH excluding ortho intramolecular Hbond substituents is 1. The third-order valence-electron chi connectivity index (χ3n) is 5.98. The Kier molecular flexibility index (Phi) is 3.52. The molecule has 4 rings (SSSR count). The number of halogens is 1. The smallest absolute Gasteiger partial charge is 0.127 e. The predicted molar refractivity (Wildman–Crippen MR) is 93.7 cm³/mol. The fourth-order valence-corrected chi connectivity index (χ4v) is 4.75. The Hall–Kier alpha value is -2.10. The fourth-order valence-electron chi connectivity index (χ4n) is 4.75. The summed E-state index contributed by atoms with van der Waals surface area (Å²) in [7, 11) is 0. The van der Waals surface area contributed by atoms with Crippen molar-refractivity contribution in [1.82, 2.24) is 0 Å². The fraction of sp³-hybridized carbons (Fsp3) is 0.450. The van der Waals surface area contributed by atoms with Gasteiger partial charge in [0.05, 0.1) is 11.1 Å². The molecule has 1 heterocycles. The summed E-state index contributed by atoms with van der Waals surface area (Å²) in [6.45, 7) is 1.82. The maximum absolute atomic E-state index is 14.2. The van der Waals surface area contributed by atoms with E-state index in [4.69, 9.17) is 5.73 Å². The first kappa shape index (κ1) is 15.4. The van der Waals surface area contributed by atoms with Crippen molar-refractivity contribution in [2.45, 2.75) is 50.6 Å². The van der Waals surface area contributed by atoms with Gasteiger partial charge in [-0.25, -0.2) is 9.38 Å². The minimum absolute atomic E-state index is 0.238. The van der Waals surface area contributed by atoms with E-state index in [2.05, 4.69) is 4.99 Å². The molecule has 24 heavy (non-hydrogen) atoms. The predicted octanol–water partition coefficient (Wildman–Crippen LogP) is 4.13. The standard InChI is InChI=1S/C20H23FN2O/c1-12-17(21)11-10-16-18(12)23-19(22)20(16,13-4-2-3-5-13)14-6-8-15(24)9-7-14/h6-10,13,17,24H,2-5,11H2,1H3,(H2,22,23). The number of amidine groups is 1. The van der Waals surface area contributed by atoms with Crippen molar-refractivity contribution in [3.05, 3.63) is 52.7 Å². The number of nitrogens with two attached hydrogens (primary N) is 1. The van der Waals surface area contributed by atoms with Crippen LogP contribution in [0.1, 0.15) is 44.6 Å². The van der Waals surface area contributed by atoms with Crippen LogP contribution in [-0.2, 0) is 5.41 Å². The monoisotopic (exact) mass is 326 g/mol. The van der Waals surface area contributed by atoms with Crippen molar-refractivity contribution in [2.24, 2.45) is 16.6 Å². The molecule has 1 saturated carbocycles. The molecule has 2 aliphatic carbocycles. The summed E-state index contributed by atoms with van der Waals surface area (Å²) < 4.78 is 14.2. The Balaban J connectivity index is 1.95. The van der Waals surface area contributed by atoms with Gasteiger partial charge in [0.2, 0.25) is 0 Å². The average Bonchev–Trinajstić information content (AvgIpc) is 3.19. The van der Waals surface area contributed by atoms with E-state index in [-0.39, 0.29) is 5.75 Å². The molecule has 0 bridgehead atoms. The number of hydrogen-bond acceptors (Lipinski definition) is 3. The van der Waals surface area contributed by atoms with Crippen molar-refractivity contribution in [3.63, 3.8) is 0 Å². The second kappa shape index (κ2) is 5.47. The molecule has 1 aliphatic heterocycles. The van der Waals surface area contributed by atoms with Gasteiger partial charge in [0.15, 0.2) is 0 Å². The molecule has 4 heteroatoms. The van der Waals surface area contributed by atoms with Gasteiger partial charge < -0.3 is 10.8 Å². The number of nitrogens with zero attached hydrogens (tertiary/aromatic N) is 1. The summed E-state index contributed by atoms with van der Waals surface area (Å²) in [4.78, 5) is 4.64. The van der Waals surface area contributed by atoms with Gasteiger partial charge in [-0.1, -0.05) is 31.1 Å². The lowest BCUT2D eigenvalue weighted by Crippen LogP contribution is -2.45. The topological polar surface area (TPSA) is 58.6 Å². The van der Waals surface area contributed by atoms with Gasteiger partial charge in [0, 0.05) is 6.42 Å². The number of benzene rings is 1. The van der Waals surface area contributed by atoms with Crippen LogP contribution in [0.3, 0.4) is 0 Å². The van der Waals surface area contributed by atoms with E-state index in [1.165, 1.54) is 12.8 Å². The van der Waals surface area contributed by atoms with Crippen molar-refractivity contribution in [1.29, 1.82) is 0 Å². The first-order valence-electron chi connectivity index (χ1n) is 8.75. The molecule has 1 aromatic carbocycles. The molecular formula is C20H23FN2O. The Labute approximate surface area is 141 Å². The van der Waals surface area contributed by atoms with Gasteiger partial charge in [0.25, 0.3) is 0 Å². The molecule has 126 valence electrons. The van der Waals surface area contributed by atoms with Crippen LogP contribution in [0.5, 0.6) is 5.75 Å². The zero-order valence-electron chi connectivity index (χ0n) is 13.9. The summed E-state index contributed by atoms with van der Waals surface area (Å²) in [6.07, 6.45) is 5.99. The second-order valence-electron chi connectivity index (χ2n) is 7.19. The van der Waals surface area contributed by atoms with E-state index >= 15 is 0 Å². The van der Waals surface area contributed by atoms with E-state index in [1.54, 1.807) is 12.1 Å². The zero-order chi connectivity index (χ0) is 16.9. The van der Waals surface area contributed by atoms with Crippen LogP contribution in [-0.4, -0.2) is 17.1 Å². The molecule has 3 aliphatic rings. The quantitative estimate of drug-likeness (QED) is 0.858. The Bertz CT molecular complexity index is 756. The van der Waals surface area contributed by atoms with Crippen molar-refractivity contribution >= 4 is 5.84 Å². The van der Waals surface area contributed by atoms with Crippen LogP contribution in [0.4, 0.5) is 4.39 Å². The van der Waals surface area contributed by atoms with Crippen LogP contribution >= 0.6 is 0 Å². The number of alkyl halides is 1. The Morgan fingerprint density at radius 1 is 1.21 bits per heavy atom. The van der Waals surface area contributed by atoms with Crippen LogP contribution in [0, 0.1) is 5.92 Å². The molecule has 1 aromatic rings. The number of aromatic hydroxyl groups is 1. The van der Waals surface area contributed by atoms with E-state index < -0.39 is 11.6 Å². The Morgan fingerprint density at radius 3 is 2.54 bits per heavy atom. The Morgan fingerprint density at radius 2 is 1.88 bits per heavy atom. The number of phenols is 1. The van der Waals surface area contributed by atoms with E-state index in [1.807, 2.05) is 25.1 Å². The molecule has 0 aromatic heterocycles. The molecule has 1 fully saturated rings. The maximum Gasteiger partial charge on any atom is 0.127 e. The molecule has 3 nitrogen and oxygen atoms in total. The van der Waals surface area contributed by atoms with E-state index in [0.717, 1.165) is 29.7 Å². The van der Waals surface area contributed by atoms with E-state index in [9.17, 15) is 9.50 Å². The summed E-state index contributed by atoms with van der Waals surface area (Å²) >= 11 is 0. The molecule has 0 amide bonds. The summed E-state index contributed by atoms with van der Waals surface area (Å²) in [5.41, 5.74) is 9.61. The van der Waals surface area contributed by atoms with Crippen LogP contribution in [0.15, 0.2) is 52.2 Å². The SMILES string of the molecule is CC1=C2N=C(N)C(c3ccc(O)cc3)(C3CCCC3)C2=CCC1F. The van der Waals surface area contributed by atoms with Crippen molar-refractivity contribution in [3.8, 4) is 5.75 Å². The lowest BCUT2D eigenvalue weighted by atomic mass is 9.63. The van der Waals surface area contributed by atoms with Gasteiger partial charge in [-0.05, 0) is 54.5 Å². The summed E-state index contributed by atoms with van der Waals surface area (Å²) in [6, 6.07) is 7.29. The summed E-state index contributed by atoms with van der Waals surface area (Å²) in [5, 5.41) is 9.69. The summed E-state index contributed by atoms with van der Waals surface area (Å²) in [5.74, 6) is 1.19. The number of aliphatic imine (C=N–C) groups is 1. The number of hydrogen-bond donors (Lipinski definition) is 2. The average molecular weight is 326 g/mol. The van der Waals surface area contributed by atoms with Crippen molar-refractivity contribution in [2.75, 3.05) is 0 Å². The molecule has 2 unspecified atom stereocenters. The lowest BCUT2D eigenvalue weighted by molar-refractivity contribution is 0.369. The van der Waals surface area contributed by atoms with E-state index in [0.29, 0.717) is 23.7 Å². The van der Waals surface area contributed by atoms with Crippen LogP contribution < -0.4 is 5.73 Å². The third-order valence-corrected chi connectivity index (χ3v) is 5.98. The van der Waals surface area contributed by atoms with Gasteiger partial charge >= 0.3 is 0 Å². The highest BCUT2D eigenvalue weighted by molar-refractivity contribution is 6.01. The third kappa shape index (κ3) is 1.98. The van der Waals surface area contributed by atoms with Crippen LogP contribution in [0.25, 0.3) is 0 Å². The molecule has 0 spiro atoms. The highest BCUT2D eigenvalue weighted by Crippen LogP contribution is 2.54. The molecule has 0 saturated heterocycles. The number of fused-ring (bicyclic) bond motifs is 1. The largest absolute Gasteiger partial charge is 0.508 e. The highest BCUT2D eigenvalue weighted by Gasteiger charge is 2.53. The lowest BCUT2D eigenvalue weighted by Gasteiger charge is -2.38. The van der Waals surface area contributed by atoms with Gasteiger partial charge in [0.1, 0.15) is 17.8 Å².